The van der Waals surface area contributed by atoms with Gasteiger partial charge in [-0.05, 0) is 89.2 Å². The third kappa shape index (κ3) is 3.03. The van der Waals surface area contributed by atoms with Crippen molar-refractivity contribution in [3.8, 4) is 11.5 Å². The van der Waals surface area contributed by atoms with Crippen molar-refractivity contribution in [3.63, 3.8) is 0 Å². The average Bonchev–Trinajstić information content (AvgIpc) is 2.98. The maximum Gasteiger partial charge on any atom is 0.212 e. The van der Waals surface area contributed by atoms with E-state index in [9.17, 15) is 4.91 Å². The van der Waals surface area contributed by atoms with Crippen LogP contribution in [-0.2, 0) is 12.0 Å². The zero-order valence-corrected chi connectivity index (χ0v) is 20.3. The minimum atomic E-state index is -0.768. The smallest absolute Gasteiger partial charge is 0.212 e. The van der Waals surface area contributed by atoms with E-state index in [-0.39, 0.29) is 5.41 Å². The molecule has 162 valence electrons. The van der Waals surface area contributed by atoms with E-state index in [0.29, 0.717) is 23.7 Å². The van der Waals surface area contributed by atoms with Crippen molar-refractivity contribution >= 4 is 40.0 Å². The lowest BCUT2D eigenvalue weighted by Gasteiger charge is -2.47. The van der Waals surface area contributed by atoms with Crippen molar-refractivity contribution in [2.24, 2.45) is 5.18 Å². The third-order valence-corrected chi connectivity index (χ3v) is 7.28. The Morgan fingerprint density at radius 2 is 1.84 bits per heavy atom. The molecule has 5 nitrogen and oxygen atoms in total. The molecule has 0 saturated carbocycles. The quantitative estimate of drug-likeness (QED) is 0.271. The first-order chi connectivity index (χ1) is 15.4. The van der Waals surface area contributed by atoms with Crippen LogP contribution >= 0.6 is 22.6 Å². The van der Waals surface area contributed by atoms with Crippen LogP contribution in [0.15, 0.2) is 71.9 Å². The number of hydrogen-bond donors (Lipinski definition) is 0. The van der Waals surface area contributed by atoms with Crippen molar-refractivity contribution in [2.75, 3.05) is 12.0 Å². The highest BCUT2D eigenvalue weighted by atomic mass is 127. The summed E-state index contributed by atoms with van der Waals surface area (Å²) in [4.78, 5) is 13.5. The summed E-state index contributed by atoms with van der Waals surface area (Å²) in [6.45, 7) is 5.11. The Kier molecular flexibility index (Phi) is 5.00. The number of rotatable bonds is 4. The van der Waals surface area contributed by atoms with Gasteiger partial charge in [0, 0.05) is 27.4 Å². The van der Waals surface area contributed by atoms with Crippen molar-refractivity contribution in [3.05, 3.63) is 91.9 Å². The minimum absolute atomic E-state index is 0.314. The van der Waals surface area contributed by atoms with Gasteiger partial charge in [0.05, 0.1) is 12.5 Å². The summed E-state index contributed by atoms with van der Waals surface area (Å²) in [6.07, 6.45) is 4.13. The van der Waals surface area contributed by atoms with Crippen molar-refractivity contribution < 1.29 is 9.47 Å². The van der Waals surface area contributed by atoms with Crippen LogP contribution < -0.4 is 14.4 Å². The predicted molar refractivity (Wildman–Crippen MR) is 136 cm³/mol. The second kappa shape index (κ2) is 7.62. The summed E-state index contributed by atoms with van der Waals surface area (Å²) < 4.78 is 13.7. The Labute approximate surface area is 201 Å². The Bertz CT molecular complexity index is 1240. The Morgan fingerprint density at radius 3 is 2.56 bits per heavy atom. The molecule has 2 aliphatic heterocycles. The molecule has 6 heteroatoms. The number of ether oxygens (including phenoxy) is 2. The van der Waals surface area contributed by atoms with E-state index in [4.69, 9.17) is 9.47 Å². The number of hydrogen-bond acceptors (Lipinski definition) is 5. The summed E-state index contributed by atoms with van der Waals surface area (Å²) in [6, 6.07) is 20.4. The van der Waals surface area contributed by atoms with Gasteiger partial charge in [-0.2, -0.15) is 0 Å². The van der Waals surface area contributed by atoms with E-state index >= 15 is 0 Å². The predicted octanol–water partition coefficient (Wildman–Crippen LogP) is 6.80. The lowest BCUT2D eigenvalue weighted by atomic mass is 9.76. The van der Waals surface area contributed by atoms with Crippen LogP contribution in [0.5, 0.6) is 11.5 Å². The molecule has 1 unspecified atom stereocenters. The van der Waals surface area contributed by atoms with E-state index in [1.807, 2.05) is 6.08 Å². The van der Waals surface area contributed by atoms with Crippen molar-refractivity contribution in [2.45, 2.75) is 31.5 Å². The van der Waals surface area contributed by atoms with Crippen LogP contribution in [0.4, 0.5) is 11.4 Å². The number of halogens is 1. The normalized spacial score (nSPS) is 19.9. The number of para-hydroxylation sites is 1. The van der Waals surface area contributed by atoms with Gasteiger partial charge < -0.3 is 14.4 Å². The summed E-state index contributed by atoms with van der Waals surface area (Å²) in [5.74, 6) is 1.12. The van der Waals surface area contributed by atoms with Gasteiger partial charge in [-0.1, -0.05) is 30.3 Å². The van der Waals surface area contributed by atoms with Crippen LogP contribution in [-0.4, -0.2) is 12.8 Å². The number of methoxy groups -OCH3 is 1. The van der Waals surface area contributed by atoms with E-state index in [0.717, 1.165) is 11.3 Å². The van der Waals surface area contributed by atoms with Gasteiger partial charge in [-0.3, -0.25) is 0 Å². The van der Waals surface area contributed by atoms with E-state index in [2.05, 4.69) is 101 Å². The molecule has 5 rings (SSSR count). The zero-order chi connectivity index (χ0) is 22.5. The summed E-state index contributed by atoms with van der Waals surface area (Å²) in [5.41, 5.74) is 3.55. The SMILES string of the molecule is COc1cc(N=O)cc2c1OC1(C=C2)N(Cc2ccc(I)cc2)c2ccccc2C1(C)C. The minimum Gasteiger partial charge on any atom is -0.493 e. The van der Waals surface area contributed by atoms with Gasteiger partial charge in [-0.25, -0.2) is 0 Å². The standard InChI is InChI=1S/C26H23IN2O3/c1-25(2)21-6-4-5-7-22(21)29(16-17-8-10-19(27)11-9-17)26(25)13-12-18-14-20(28-30)15-23(31-3)24(18)32-26/h4-15H,16H2,1-3H3. The van der Waals surface area contributed by atoms with Gasteiger partial charge in [0.1, 0.15) is 5.69 Å². The molecular formula is C26H23IN2O3. The van der Waals surface area contributed by atoms with Gasteiger partial charge in [0.2, 0.25) is 5.72 Å². The average molecular weight is 538 g/mol. The summed E-state index contributed by atoms with van der Waals surface area (Å²) in [5, 5.41) is 3.08. The first-order valence-corrected chi connectivity index (χ1v) is 11.5. The van der Waals surface area contributed by atoms with Crippen LogP contribution in [0.3, 0.4) is 0 Å². The number of benzene rings is 3. The van der Waals surface area contributed by atoms with Crippen LogP contribution in [0.2, 0.25) is 0 Å². The molecule has 0 radical (unpaired) electrons. The fourth-order valence-electron chi connectivity index (χ4n) is 4.84. The fourth-order valence-corrected chi connectivity index (χ4v) is 5.20. The van der Waals surface area contributed by atoms with E-state index in [1.165, 1.54) is 14.7 Å². The number of nitrogens with zero attached hydrogens (tertiary/aromatic N) is 2. The maximum absolute atomic E-state index is 11.2. The molecule has 0 aromatic heterocycles. The van der Waals surface area contributed by atoms with Gasteiger partial charge in [0.15, 0.2) is 11.5 Å². The maximum atomic E-state index is 11.2. The van der Waals surface area contributed by atoms with Gasteiger partial charge >= 0.3 is 0 Å². The molecule has 1 spiro atoms. The molecule has 0 amide bonds. The zero-order valence-electron chi connectivity index (χ0n) is 18.1. The Hall–Kier alpha value is -2.87. The first kappa shape index (κ1) is 21.0. The number of fused-ring (bicyclic) bond motifs is 2. The number of anilines is 1. The molecule has 0 bridgehead atoms. The molecule has 0 aliphatic carbocycles. The second-order valence-electron chi connectivity index (χ2n) is 8.64. The van der Waals surface area contributed by atoms with Crippen LogP contribution in [0, 0.1) is 8.48 Å². The lowest BCUT2D eigenvalue weighted by Crippen LogP contribution is -2.59. The molecule has 3 aromatic rings. The molecule has 3 aromatic carbocycles. The highest BCUT2D eigenvalue weighted by molar-refractivity contribution is 14.1. The van der Waals surface area contributed by atoms with E-state index in [1.54, 1.807) is 19.2 Å². The molecule has 0 saturated heterocycles. The molecule has 32 heavy (non-hydrogen) atoms. The highest BCUT2D eigenvalue weighted by Crippen LogP contribution is 2.56. The largest absolute Gasteiger partial charge is 0.493 e. The fraction of sp³-hybridized carbons (Fsp3) is 0.231. The Balaban J connectivity index is 1.68. The number of nitroso groups, excluding NO2 is 1. The van der Waals surface area contributed by atoms with E-state index < -0.39 is 5.72 Å². The van der Waals surface area contributed by atoms with Crippen LogP contribution in [0.25, 0.3) is 6.08 Å². The first-order valence-electron chi connectivity index (χ1n) is 10.4. The molecule has 0 fully saturated rings. The third-order valence-electron chi connectivity index (χ3n) is 6.56. The summed E-state index contributed by atoms with van der Waals surface area (Å²) >= 11 is 2.32. The molecule has 1 atom stereocenters. The Morgan fingerprint density at radius 1 is 1.09 bits per heavy atom. The molecule has 2 heterocycles. The van der Waals surface area contributed by atoms with Gasteiger partial charge in [0.25, 0.3) is 0 Å². The molecule has 2 aliphatic rings. The molecule has 0 N–H and O–H groups in total. The van der Waals surface area contributed by atoms with Crippen LogP contribution in [0.1, 0.15) is 30.5 Å². The molecular weight excluding hydrogens is 515 g/mol. The summed E-state index contributed by atoms with van der Waals surface area (Å²) in [7, 11) is 1.58. The lowest BCUT2D eigenvalue weighted by molar-refractivity contribution is 0.0493. The van der Waals surface area contributed by atoms with Crippen molar-refractivity contribution in [1.29, 1.82) is 0 Å². The van der Waals surface area contributed by atoms with Gasteiger partial charge in [-0.15, -0.1) is 4.91 Å². The topological polar surface area (TPSA) is 51.1 Å². The second-order valence-corrected chi connectivity index (χ2v) is 9.89. The highest BCUT2D eigenvalue weighted by Gasteiger charge is 2.59. The van der Waals surface area contributed by atoms with Crippen molar-refractivity contribution in [1.82, 2.24) is 0 Å². The monoisotopic (exact) mass is 538 g/mol.